The highest BCUT2D eigenvalue weighted by atomic mass is 19.1. The quantitative estimate of drug-likeness (QED) is 0.638. The lowest BCUT2D eigenvalue weighted by Crippen LogP contribution is -2.48. The van der Waals surface area contributed by atoms with Gasteiger partial charge in [0.15, 0.2) is 0 Å². The van der Waals surface area contributed by atoms with Crippen LogP contribution in [0.2, 0.25) is 0 Å². The Balaban J connectivity index is 1.64. The van der Waals surface area contributed by atoms with Crippen LogP contribution in [-0.2, 0) is 17.8 Å². The standard InChI is InChI=1S/C24H26FN3O4/c1-2-32-21-7-8-22-18(14-21)13-19(23(29)26-22)16-28(15-17-3-5-20(25)6-4-17)24(30)27-9-11-31-12-10-27/h3-8,13-14H,2,9-12,15-16H2,1H3,(H,26,29). The number of benzene rings is 2. The first kappa shape index (κ1) is 21.8. The molecule has 2 amide bonds. The van der Waals surface area contributed by atoms with Crippen LogP contribution in [0.15, 0.2) is 53.3 Å². The maximum absolute atomic E-state index is 13.4. The number of nitrogens with one attached hydrogen (secondary N) is 1. The van der Waals surface area contributed by atoms with E-state index in [0.29, 0.717) is 49.7 Å². The Bertz CT molecular complexity index is 1140. The van der Waals surface area contributed by atoms with Crippen molar-refractivity contribution in [1.82, 2.24) is 14.8 Å². The summed E-state index contributed by atoms with van der Waals surface area (Å²) in [5.41, 5.74) is 1.70. The topological polar surface area (TPSA) is 74.9 Å². The first-order valence-corrected chi connectivity index (χ1v) is 10.7. The van der Waals surface area contributed by atoms with Gasteiger partial charge >= 0.3 is 6.03 Å². The van der Waals surface area contributed by atoms with Gasteiger partial charge in [-0.3, -0.25) is 4.79 Å². The average molecular weight is 439 g/mol. The molecule has 168 valence electrons. The van der Waals surface area contributed by atoms with Crippen molar-refractivity contribution in [3.05, 3.63) is 75.8 Å². The summed E-state index contributed by atoms with van der Waals surface area (Å²) in [6.07, 6.45) is 0. The number of aromatic nitrogens is 1. The maximum Gasteiger partial charge on any atom is 0.320 e. The Hall–Kier alpha value is -3.39. The SMILES string of the molecule is CCOc1ccc2[nH]c(=O)c(CN(Cc3ccc(F)cc3)C(=O)N3CCOCC3)cc2c1. The van der Waals surface area contributed by atoms with Gasteiger partial charge in [-0.05, 0) is 48.9 Å². The number of ether oxygens (including phenoxy) is 2. The van der Waals surface area contributed by atoms with Gasteiger partial charge in [-0.25, -0.2) is 9.18 Å². The van der Waals surface area contributed by atoms with Gasteiger partial charge in [-0.15, -0.1) is 0 Å². The van der Waals surface area contributed by atoms with Gasteiger partial charge in [-0.1, -0.05) is 12.1 Å². The Morgan fingerprint density at radius 1 is 1.12 bits per heavy atom. The van der Waals surface area contributed by atoms with E-state index < -0.39 is 0 Å². The van der Waals surface area contributed by atoms with Gasteiger partial charge in [0.25, 0.3) is 5.56 Å². The fourth-order valence-corrected chi connectivity index (χ4v) is 3.77. The van der Waals surface area contributed by atoms with Crippen LogP contribution in [0, 0.1) is 5.82 Å². The van der Waals surface area contributed by atoms with Crippen LogP contribution < -0.4 is 10.3 Å². The van der Waals surface area contributed by atoms with Crippen molar-refractivity contribution in [3.63, 3.8) is 0 Å². The minimum absolute atomic E-state index is 0.123. The number of urea groups is 1. The van der Waals surface area contributed by atoms with Crippen LogP contribution in [0.3, 0.4) is 0 Å². The molecule has 1 saturated heterocycles. The smallest absolute Gasteiger partial charge is 0.320 e. The highest BCUT2D eigenvalue weighted by Gasteiger charge is 2.24. The second kappa shape index (κ2) is 9.82. The first-order chi connectivity index (χ1) is 15.5. The molecule has 1 aliphatic heterocycles. The molecule has 3 aromatic rings. The van der Waals surface area contributed by atoms with Gasteiger partial charge in [0, 0.05) is 36.1 Å². The zero-order valence-electron chi connectivity index (χ0n) is 18.0. The number of H-pyrrole nitrogens is 1. The molecule has 0 atom stereocenters. The van der Waals surface area contributed by atoms with Gasteiger partial charge in [-0.2, -0.15) is 0 Å². The zero-order valence-corrected chi connectivity index (χ0v) is 18.0. The number of aromatic amines is 1. The highest BCUT2D eigenvalue weighted by molar-refractivity contribution is 5.81. The van der Waals surface area contributed by atoms with E-state index in [0.717, 1.165) is 10.9 Å². The fraction of sp³-hybridized carbons (Fsp3) is 0.333. The zero-order chi connectivity index (χ0) is 22.5. The maximum atomic E-state index is 13.4. The van der Waals surface area contributed by atoms with Crippen molar-refractivity contribution in [2.75, 3.05) is 32.9 Å². The molecular formula is C24H26FN3O4. The van der Waals surface area contributed by atoms with Crippen molar-refractivity contribution >= 4 is 16.9 Å². The molecule has 0 unspecified atom stereocenters. The van der Waals surface area contributed by atoms with Crippen LogP contribution in [-0.4, -0.2) is 53.7 Å². The number of rotatable bonds is 6. The number of carbonyl (C=O) groups is 1. The van der Waals surface area contributed by atoms with Crippen LogP contribution in [0.5, 0.6) is 5.75 Å². The van der Waals surface area contributed by atoms with E-state index in [9.17, 15) is 14.0 Å². The molecule has 0 radical (unpaired) electrons. The predicted molar refractivity (Wildman–Crippen MR) is 119 cm³/mol. The van der Waals surface area contributed by atoms with Gasteiger partial charge in [0.2, 0.25) is 0 Å². The van der Waals surface area contributed by atoms with Crippen LogP contribution >= 0.6 is 0 Å². The molecule has 0 spiro atoms. The number of halogens is 1. The number of pyridine rings is 1. The van der Waals surface area contributed by atoms with Gasteiger partial charge in [0.1, 0.15) is 11.6 Å². The number of hydrogen-bond donors (Lipinski definition) is 1. The summed E-state index contributed by atoms with van der Waals surface area (Å²) in [5, 5.41) is 0.825. The van der Waals surface area contributed by atoms with Crippen molar-refractivity contribution in [2.24, 2.45) is 0 Å². The minimum atomic E-state index is -0.337. The van der Waals surface area contributed by atoms with E-state index in [1.165, 1.54) is 12.1 Å². The molecule has 32 heavy (non-hydrogen) atoms. The Kier molecular flexibility index (Phi) is 6.70. The minimum Gasteiger partial charge on any atom is -0.494 e. The Morgan fingerprint density at radius 3 is 2.59 bits per heavy atom. The predicted octanol–water partition coefficient (Wildman–Crippen LogP) is 3.52. The number of fused-ring (bicyclic) bond motifs is 1. The lowest BCUT2D eigenvalue weighted by Gasteiger charge is -2.33. The number of carbonyl (C=O) groups excluding carboxylic acids is 1. The molecule has 1 fully saturated rings. The molecule has 1 N–H and O–H groups in total. The van der Waals surface area contributed by atoms with Crippen molar-refractivity contribution < 1.29 is 18.7 Å². The molecule has 0 bridgehead atoms. The summed E-state index contributed by atoms with van der Waals surface area (Å²) in [6, 6.07) is 13.1. The molecule has 1 aliphatic rings. The molecular weight excluding hydrogens is 413 g/mol. The lowest BCUT2D eigenvalue weighted by atomic mass is 10.1. The average Bonchev–Trinajstić information content (AvgIpc) is 2.81. The first-order valence-electron chi connectivity index (χ1n) is 10.7. The van der Waals surface area contributed by atoms with Crippen LogP contribution in [0.1, 0.15) is 18.1 Å². The lowest BCUT2D eigenvalue weighted by molar-refractivity contribution is 0.0418. The molecule has 2 heterocycles. The van der Waals surface area contributed by atoms with E-state index in [1.807, 2.05) is 19.1 Å². The van der Waals surface area contributed by atoms with Crippen molar-refractivity contribution in [1.29, 1.82) is 0 Å². The normalized spacial score (nSPS) is 13.9. The van der Waals surface area contributed by atoms with Gasteiger partial charge < -0.3 is 24.3 Å². The Morgan fingerprint density at radius 2 is 1.88 bits per heavy atom. The van der Waals surface area contributed by atoms with Gasteiger partial charge in [0.05, 0.1) is 26.4 Å². The second-order valence-corrected chi connectivity index (χ2v) is 7.67. The van der Waals surface area contributed by atoms with Crippen molar-refractivity contribution in [2.45, 2.75) is 20.0 Å². The van der Waals surface area contributed by atoms with Crippen molar-refractivity contribution in [3.8, 4) is 5.75 Å². The third-order valence-electron chi connectivity index (χ3n) is 5.40. The summed E-state index contributed by atoms with van der Waals surface area (Å²) < 4.78 is 24.3. The van der Waals surface area contributed by atoms with E-state index in [-0.39, 0.29) is 30.5 Å². The van der Waals surface area contributed by atoms with Crippen LogP contribution in [0.4, 0.5) is 9.18 Å². The largest absolute Gasteiger partial charge is 0.494 e. The molecule has 2 aromatic carbocycles. The summed E-state index contributed by atoms with van der Waals surface area (Å²) >= 11 is 0. The third kappa shape index (κ3) is 5.08. The highest BCUT2D eigenvalue weighted by Crippen LogP contribution is 2.20. The number of amides is 2. The summed E-state index contributed by atoms with van der Waals surface area (Å²) in [7, 11) is 0. The summed E-state index contributed by atoms with van der Waals surface area (Å²) in [6.45, 7) is 4.77. The molecule has 4 rings (SSSR count). The number of hydrogen-bond acceptors (Lipinski definition) is 4. The molecule has 1 aromatic heterocycles. The van der Waals surface area contributed by atoms with E-state index in [4.69, 9.17) is 9.47 Å². The Labute approximate surface area is 185 Å². The van der Waals surface area contributed by atoms with Crippen LogP contribution in [0.25, 0.3) is 10.9 Å². The number of morpholine rings is 1. The summed E-state index contributed by atoms with van der Waals surface area (Å²) in [4.78, 5) is 32.3. The second-order valence-electron chi connectivity index (χ2n) is 7.67. The molecule has 0 saturated carbocycles. The molecule has 7 nitrogen and oxygen atoms in total. The fourth-order valence-electron chi connectivity index (χ4n) is 3.77. The third-order valence-corrected chi connectivity index (χ3v) is 5.40. The summed E-state index contributed by atoms with van der Waals surface area (Å²) in [5.74, 6) is 0.376. The molecule has 8 heteroatoms. The van der Waals surface area contributed by atoms with E-state index in [2.05, 4.69) is 4.98 Å². The van der Waals surface area contributed by atoms with E-state index in [1.54, 1.807) is 34.1 Å². The monoisotopic (exact) mass is 439 g/mol. The van der Waals surface area contributed by atoms with E-state index >= 15 is 0 Å². The molecule has 0 aliphatic carbocycles. The number of nitrogens with zero attached hydrogens (tertiary/aromatic N) is 2.